The van der Waals surface area contributed by atoms with Crippen LogP contribution in [0.3, 0.4) is 0 Å². The molecular formula is C18H25N3O4S. The predicted molar refractivity (Wildman–Crippen MR) is 97.0 cm³/mol. The molecule has 1 aromatic carbocycles. The highest BCUT2D eigenvalue weighted by atomic mass is 32.2. The van der Waals surface area contributed by atoms with E-state index in [1.54, 1.807) is 24.0 Å². The molecule has 8 heteroatoms. The molecule has 2 rings (SSSR count). The summed E-state index contributed by atoms with van der Waals surface area (Å²) >= 11 is 0. The first-order valence-corrected chi connectivity index (χ1v) is 10.3. The van der Waals surface area contributed by atoms with Crippen LogP contribution in [0, 0.1) is 17.2 Å². The molecule has 1 saturated heterocycles. The highest BCUT2D eigenvalue weighted by molar-refractivity contribution is 7.89. The first-order valence-electron chi connectivity index (χ1n) is 8.77. The van der Waals surface area contributed by atoms with E-state index in [4.69, 9.17) is 10.00 Å². The molecule has 0 aromatic heterocycles. The zero-order valence-corrected chi connectivity index (χ0v) is 16.0. The molecule has 0 aliphatic carbocycles. The van der Waals surface area contributed by atoms with Crippen molar-refractivity contribution in [2.75, 3.05) is 26.2 Å². The number of rotatable bonds is 8. The lowest BCUT2D eigenvalue weighted by Gasteiger charge is -2.22. The Morgan fingerprint density at radius 2 is 2.27 bits per heavy atom. The lowest BCUT2D eigenvalue weighted by atomic mass is 10.1. The van der Waals surface area contributed by atoms with Crippen molar-refractivity contribution >= 4 is 15.9 Å². The highest BCUT2D eigenvalue weighted by Gasteiger charge is 2.22. The van der Waals surface area contributed by atoms with Crippen LogP contribution in [0.5, 0.6) is 0 Å². The lowest BCUT2D eigenvalue weighted by molar-refractivity contribution is 0.0752. The SMILES string of the molecule is CCN(CC(C)C#N)C(=O)c1cccc(S(=O)(=O)NCC2CCCO2)c1. The van der Waals surface area contributed by atoms with Crippen molar-refractivity contribution < 1.29 is 17.9 Å². The summed E-state index contributed by atoms with van der Waals surface area (Å²) in [7, 11) is -3.72. The molecule has 0 radical (unpaired) electrons. The van der Waals surface area contributed by atoms with Gasteiger partial charge in [-0.1, -0.05) is 6.07 Å². The standard InChI is InChI=1S/C18H25N3O4S/c1-3-21(13-14(2)11-19)18(22)15-6-4-8-17(10-15)26(23,24)20-12-16-7-5-9-25-16/h4,6,8,10,14,16,20H,3,5,7,9,12-13H2,1-2H3. The first kappa shape index (κ1) is 20.4. The quantitative estimate of drug-likeness (QED) is 0.742. The number of ether oxygens (including phenoxy) is 1. The summed E-state index contributed by atoms with van der Waals surface area (Å²) in [6.07, 6.45) is 1.67. The average molecular weight is 379 g/mol. The molecule has 0 spiro atoms. The van der Waals surface area contributed by atoms with Crippen LogP contribution in [0.1, 0.15) is 37.0 Å². The van der Waals surface area contributed by atoms with E-state index in [0.717, 1.165) is 12.8 Å². The summed E-state index contributed by atoms with van der Waals surface area (Å²) in [6.45, 7) is 5.20. The summed E-state index contributed by atoms with van der Waals surface area (Å²) in [6, 6.07) is 8.07. The van der Waals surface area contributed by atoms with E-state index < -0.39 is 10.0 Å². The van der Waals surface area contributed by atoms with Gasteiger partial charge in [0.15, 0.2) is 0 Å². The molecular weight excluding hydrogens is 354 g/mol. The van der Waals surface area contributed by atoms with Crippen LogP contribution in [0.4, 0.5) is 0 Å². The van der Waals surface area contributed by atoms with Crippen molar-refractivity contribution in [3.8, 4) is 6.07 Å². The number of carbonyl (C=O) groups excluding carboxylic acids is 1. The van der Waals surface area contributed by atoms with E-state index in [2.05, 4.69) is 10.8 Å². The van der Waals surface area contributed by atoms with Gasteiger partial charge in [-0.2, -0.15) is 5.26 Å². The van der Waals surface area contributed by atoms with Crippen LogP contribution in [0.2, 0.25) is 0 Å². The Morgan fingerprint density at radius 3 is 2.88 bits per heavy atom. The van der Waals surface area contributed by atoms with Crippen molar-refractivity contribution in [1.29, 1.82) is 5.26 Å². The Hall–Kier alpha value is -1.95. The van der Waals surface area contributed by atoms with E-state index in [1.165, 1.54) is 12.1 Å². The Morgan fingerprint density at radius 1 is 1.50 bits per heavy atom. The average Bonchev–Trinajstić information content (AvgIpc) is 3.17. The third kappa shape index (κ3) is 5.27. The number of benzene rings is 1. The molecule has 0 saturated carbocycles. The summed E-state index contributed by atoms with van der Waals surface area (Å²) in [5, 5.41) is 8.95. The fourth-order valence-electron chi connectivity index (χ4n) is 2.80. The number of hydrogen-bond donors (Lipinski definition) is 1. The molecule has 2 unspecified atom stereocenters. The van der Waals surface area contributed by atoms with Gasteiger partial charge >= 0.3 is 0 Å². The number of nitriles is 1. The molecule has 2 atom stereocenters. The van der Waals surface area contributed by atoms with Gasteiger partial charge < -0.3 is 9.64 Å². The van der Waals surface area contributed by atoms with Crippen LogP contribution in [-0.2, 0) is 14.8 Å². The number of nitrogens with zero attached hydrogens (tertiary/aromatic N) is 2. The van der Waals surface area contributed by atoms with Gasteiger partial charge in [0, 0.05) is 31.8 Å². The van der Waals surface area contributed by atoms with Gasteiger partial charge in [-0.15, -0.1) is 0 Å². The topological polar surface area (TPSA) is 99.5 Å². The van der Waals surface area contributed by atoms with Gasteiger partial charge in [0.1, 0.15) is 0 Å². The minimum absolute atomic E-state index is 0.0470. The molecule has 1 aromatic rings. The van der Waals surface area contributed by atoms with Crippen molar-refractivity contribution in [3.63, 3.8) is 0 Å². The second-order valence-electron chi connectivity index (χ2n) is 6.39. The zero-order valence-electron chi connectivity index (χ0n) is 15.1. The van der Waals surface area contributed by atoms with Crippen LogP contribution >= 0.6 is 0 Å². The molecule has 1 fully saturated rings. The maximum Gasteiger partial charge on any atom is 0.253 e. The zero-order chi connectivity index (χ0) is 19.2. The molecule has 142 valence electrons. The van der Waals surface area contributed by atoms with Gasteiger partial charge in [-0.3, -0.25) is 4.79 Å². The van der Waals surface area contributed by atoms with E-state index in [1.807, 2.05) is 6.92 Å². The largest absolute Gasteiger partial charge is 0.377 e. The van der Waals surface area contributed by atoms with Crippen molar-refractivity contribution in [1.82, 2.24) is 9.62 Å². The maximum absolute atomic E-state index is 12.7. The smallest absolute Gasteiger partial charge is 0.253 e. The van der Waals surface area contributed by atoms with Gasteiger partial charge in [-0.05, 0) is 44.9 Å². The fourth-order valence-corrected chi connectivity index (χ4v) is 3.91. The summed E-state index contributed by atoms with van der Waals surface area (Å²) in [4.78, 5) is 14.2. The number of hydrogen-bond acceptors (Lipinski definition) is 5. The van der Waals surface area contributed by atoms with Crippen LogP contribution in [0.15, 0.2) is 29.2 Å². The summed E-state index contributed by atoms with van der Waals surface area (Å²) in [5.41, 5.74) is 0.289. The number of amides is 1. The Labute approximate surface area is 155 Å². The second kappa shape index (κ2) is 9.12. The Kier molecular flexibility index (Phi) is 7.14. The normalized spacial score (nSPS) is 18.3. The minimum Gasteiger partial charge on any atom is -0.377 e. The molecule has 1 amide bonds. The van der Waals surface area contributed by atoms with Crippen molar-refractivity contribution in [3.05, 3.63) is 29.8 Å². The molecule has 1 aliphatic rings. The second-order valence-corrected chi connectivity index (χ2v) is 8.16. The van der Waals surface area contributed by atoms with Crippen molar-refractivity contribution in [2.24, 2.45) is 5.92 Å². The third-order valence-electron chi connectivity index (χ3n) is 4.30. The van der Waals surface area contributed by atoms with Gasteiger partial charge in [-0.25, -0.2) is 13.1 Å². The highest BCUT2D eigenvalue weighted by Crippen LogP contribution is 2.16. The lowest BCUT2D eigenvalue weighted by Crippen LogP contribution is -2.35. The molecule has 1 aliphatic heterocycles. The molecule has 7 nitrogen and oxygen atoms in total. The molecule has 1 heterocycles. The predicted octanol–water partition coefficient (Wildman–Crippen LogP) is 1.77. The Balaban J connectivity index is 2.12. The molecule has 26 heavy (non-hydrogen) atoms. The molecule has 0 bridgehead atoms. The molecule has 1 N–H and O–H groups in total. The first-order chi connectivity index (χ1) is 12.4. The van der Waals surface area contributed by atoms with Crippen LogP contribution in [-0.4, -0.2) is 51.6 Å². The van der Waals surface area contributed by atoms with Crippen LogP contribution in [0.25, 0.3) is 0 Å². The summed E-state index contributed by atoms with van der Waals surface area (Å²) in [5.74, 6) is -0.579. The van der Waals surface area contributed by atoms with Gasteiger partial charge in [0.25, 0.3) is 5.91 Å². The van der Waals surface area contributed by atoms with Crippen LogP contribution < -0.4 is 4.72 Å². The third-order valence-corrected chi connectivity index (χ3v) is 5.72. The Bertz CT molecular complexity index is 767. The van der Waals surface area contributed by atoms with Gasteiger partial charge in [0.2, 0.25) is 10.0 Å². The maximum atomic E-state index is 12.7. The monoisotopic (exact) mass is 379 g/mol. The number of carbonyl (C=O) groups is 1. The van der Waals surface area contributed by atoms with E-state index >= 15 is 0 Å². The summed E-state index contributed by atoms with van der Waals surface area (Å²) < 4.78 is 33.0. The van der Waals surface area contributed by atoms with Crippen molar-refractivity contribution in [2.45, 2.75) is 37.7 Å². The minimum atomic E-state index is -3.72. The van der Waals surface area contributed by atoms with E-state index in [0.29, 0.717) is 19.7 Å². The van der Waals surface area contributed by atoms with Gasteiger partial charge in [0.05, 0.1) is 23.0 Å². The number of nitrogens with one attached hydrogen (secondary N) is 1. The van der Waals surface area contributed by atoms with E-state index in [-0.39, 0.29) is 34.9 Å². The fraction of sp³-hybridized carbons (Fsp3) is 0.556. The van der Waals surface area contributed by atoms with E-state index in [9.17, 15) is 13.2 Å². The number of sulfonamides is 1.